The highest BCUT2D eigenvalue weighted by Crippen LogP contribution is 2.38. The van der Waals surface area contributed by atoms with Gasteiger partial charge in [0.25, 0.3) is 0 Å². The zero-order valence-corrected chi connectivity index (χ0v) is 30.3. The molecule has 272 valence electrons. The third-order valence-electron chi connectivity index (χ3n) is 8.11. The van der Waals surface area contributed by atoms with Gasteiger partial charge in [-0.2, -0.15) is 8.42 Å². The van der Waals surface area contributed by atoms with Crippen LogP contribution in [-0.2, 0) is 74.7 Å². The summed E-state index contributed by atoms with van der Waals surface area (Å²) in [5, 5.41) is 0.271. The third-order valence-corrected chi connectivity index (χ3v) is 11.7. The van der Waals surface area contributed by atoms with Gasteiger partial charge in [-0.25, -0.2) is 4.18 Å². The molecule has 47 heavy (non-hydrogen) atoms. The van der Waals surface area contributed by atoms with Gasteiger partial charge in [-0.3, -0.25) is 4.55 Å². The van der Waals surface area contributed by atoms with Gasteiger partial charge in [0.05, 0.1) is 20.3 Å². The van der Waals surface area contributed by atoms with Crippen LogP contribution in [0, 0.1) is 5.92 Å². The molecule has 3 rings (SSSR count). The summed E-state index contributed by atoms with van der Waals surface area (Å²) in [7, 11) is 0.747. The van der Waals surface area contributed by atoms with Crippen molar-refractivity contribution in [3.05, 3.63) is 29.8 Å². The fraction of sp³-hybridized carbons (Fsp3) is 0.806. The Morgan fingerprint density at radius 2 is 1.66 bits per heavy atom. The molecule has 9 atom stereocenters. The molecule has 0 aromatic heterocycles. The van der Waals surface area contributed by atoms with Crippen molar-refractivity contribution < 1.29 is 64.5 Å². The number of methoxy groups -OCH3 is 4. The number of benzene rings is 1. The van der Waals surface area contributed by atoms with E-state index in [1.165, 1.54) is 21.3 Å². The molecule has 16 heteroatoms. The van der Waals surface area contributed by atoms with E-state index >= 15 is 0 Å². The quantitative estimate of drug-likeness (QED) is 0.0911. The molecule has 14 nitrogen and oxygen atoms in total. The summed E-state index contributed by atoms with van der Waals surface area (Å²) in [4.78, 5) is 0. The van der Waals surface area contributed by atoms with Crippen molar-refractivity contribution >= 4 is 21.3 Å². The molecule has 1 N–H and O–H groups in total. The van der Waals surface area contributed by atoms with Crippen molar-refractivity contribution in [3.63, 3.8) is 0 Å². The number of ether oxygens (including phenoxy) is 10. The van der Waals surface area contributed by atoms with Gasteiger partial charge in [0.2, 0.25) is 0 Å². The first-order chi connectivity index (χ1) is 22.4. The fourth-order valence-electron chi connectivity index (χ4n) is 6.07. The van der Waals surface area contributed by atoms with Crippen LogP contribution in [0.25, 0.3) is 0 Å². The maximum absolute atomic E-state index is 12.4. The average Bonchev–Trinajstić information content (AvgIpc) is 3.27. The van der Waals surface area contributed by atoms with E-state index in [4.69, 9.17) is 51.6 Å². The molecule has 0 amide bonds. The van der Waals surface area contributed by atoms with Gasteiger partial charge in [-0.15, -0.1) is 0 Å². The number of hydrogen-bond donors (Lipinski definition) is 1. The molecule has 2 unspecified atom stereocenters. The molecule has 2 heterocycles. The Morgan fingerprint density at radius 1 is 0.979 bits per heavy atom. The predicted molar refractivity (Wildman–Crippen MR) is 173 cm³/mol. The summed E-state index contributed by atoms with van der Waals surface area (Å²) < 4.78 is 97.8. The summed E-state index contributed by atoms with van der Waals surface area (Å²) in [5.41, 5.74) is 1.04. The van der Waals surface area contributed by atoms with E-state index in [1.807, 2.05) is 24.3 Å². The van der Waals surface area contributed by atoms with Gasteiger partial charge < -0.3 is 47.4 Å². The molecule has 0 saturated carbocycles. The van der Waals surface area contributed by atoms with E-state index in [1.54, 1.807) is 21.0 Å². The maximum atomic E-state index is 12.4. The normalized spacial score (nSPS) is 30.2. The Kier molecular flexibility index (Phi) is 16.6. The highest BCUT2D eigenvalue weighted by atomic mass is 32.3. The molecule has 0 aliphatic carbocycles. The fourth-order valence-corrected chi connectivity index (χ4v) is 9.97. The molecule has 0 radical (unpaired) electrons. The minimum Gasteiger partial charge on any atom is -0.497 e. The Morgan fingerprint density at radius 3 is 2.26 bits per heavy atom. The van der Waals surface area contributed by atoms with E-state index in [9.17, 15) is 13.0 Å². The molecule has 2 aliphatic heterocycles. The van der Waals surface area contributed by atoms with Crippen LogP contribution in [0.4, 0.5) is 0 Å². The van der Waals surface area contributed by atoms with Crippen LogP contribution in [0.3, 0.4) is 0 Å². The minimum atomic E-state index is -4.98. The second kappa shape index (κ2) is 19.3. The number of hydrogen-bond acceptors (Lipinski definition) is 13. The van der Waals surface area contributed by atoms with Gasteiger partial charge in [0, 0.05) is 27.2 Å². The Bertz CT molecular complexity index is 1140. The van der Waals surface area contributed by atoms with Crippen molar-refractivity contribution in [1.29, 1.82) is 0 Å². The average molecular weight is 714 g/mol. The van der Waals surface area contributed by atoms with Gasteiger partial charge >= 0.3 is 10.4 Å². The van der Waals surface area contributed by atoms with E-state index in [-0.39, 0.29) is 55.2 Å². The van der Waals surface area contributed by atoms with Gasteiger partial charge in [0.15, 0.2) is 5.79 Å². The summed E-state index contributed by atoms with van der Waals surface area (Å²) in [6.07, 6.45) is -4.39. The first-order valence-corrected chi connectivity index (χ1v) is 18.5. The van der Waals surface area contributed by atoms with Crippen LogP contribution < -0.4 is 4.74 Å². The first kappa shape index (κ1) is 40.3. The minimum absolute atomic E-state index is 0.0267. The summed E-state index contributed by atoms with van der Waals surface area (Å²) >= 11 is 0. The lowest BCUT2D eigenvalue weighted by Gasteiger charge is -2.36. The van der Waals surface area contributed by atoms with Crippen LogP contribution in [0.1, 0.15) is 39.7 Å². The standard InChI is InChI=1S/C31H52O14S2/c1-9-27-21(2)25(40-14-22-10-12-23(38-8)13-11-22)16-46(27)17-26-29(45-47(32,33)34)30(42-20-37-7)28(44-31(3,4)43-26)24(41-19-36-6)15-39-18-35-5/h10-13,21,24-30H,9,14-20H2,1-8H3/p+1/t21-,24+,25+,26+,27+,28+,29+,30?,46?/m0/s1. The van der Waals surface area contributed by atoms with Crippen molar-refractivity contribution in [3.8, 4) is 5.75 Å². The second-order valence-electron chi connectivity index (χ2n) is 11.9. The monoisotopic (exact) mass is 713 g/mol. The highest BCUT2D eigenvalue weighted by molar-refractivity contribution is 7.97. The lowest BCUT2D eigenvalue weighted by molar-refractivity contribution is -0.276. The van der Waals surface area contributed by atoms with E-state index in [0.29, 0.717) is 12.4 Å². The maximum Gasteiger partial charge on any atom is 0.397 e. The Hall–Kier alpha value is -1.12. The van der Waals surface area contributed by atoms with Crippen LogP contribution in [0.2, 0.25) is 0 Å². The van der Waals surface area contributed by atoms with E-state index < -0.39 is 46.7 Å². The van der Waals surface area contributed by atoms with Crippen LogP contribution in [0.5, 0.6) is 5.75 Å². The highest BCUT2D eigenvalue weighted by Gasteiger charge is 2.56. The predicted octanol–water partition coefficient (Wildman–Crippen LogP) is 2.93. The molecule has 2 fully saturated rings. The summed E-state index contributed by atoms with van der Waals surface area (Å²) in [6, 6.07) is 7.77. The molecule has 1 aromatic carbocycles. The Labute approximate surface area is 282 Å². The lowest BCUT2D eigenvalue weighted by atomic mass is 9.99. The van der Waals surface area contributed by atoms with Crippen LogP contribution in [0.15, 0.2) is 24.3 Å². The molecule has 0 bridgehead atoms. The largest absolute Gasteiger partial charge is 0.497 e. The lowest BCUT2D eigenvalue weighted by Crippen LogP contribution is -2.54. The van der Waals surface area contributed by atoms with Crippen LogP contribution in [-0.4, -0.2) is 128 Å². The van der Waals surface area contributed by atoms with Crippen molar-refractivity contribution in [2.75, 3.05) is 66.9 Å². The molecule has 1 aromatic rings. The molecular formula is C31H53O14S2+. The Balaban J connectivity index is 1.93. The van der Waals surface area contributed by atoms with Gasteiger partial charge in [-0.1, -0.05) is 26.0 Å². The van der Waals surface area contributed by atoms with Gasteiger partial charge in [0.1, 0.15) is 79.5 Å². The third kappa shape index (κ3) is 12.3. The zero-order chi connectivity index (χ0) is 34.6. The van der Waals surface area contributed by atoms with Crippen LogP contribution >= 0.6 is 0 Å². The van der Waals surface area contributed by atoms with Crippen molar-refractivity contribution in [2.45, 2.75) is 88.4 Å². The molecule has 2 saturated heterocycles. The summed E-state index contributed by atoms with van der Waals surface area (Å²) in [5.74, 6) is 0.893. The van der Waals surface area contributed by atoms with E-state index in [2.05, 4.69) is 13.8 Å². The zero-order valence-electron chi connectivity index (χ0n) is 28.7. The summed E-state index contributed by atoms with van der Waals surface area (Å²) in [6.45, 7) is 7.80. The smallest absolute Gasteiger partial charge is 0.397 e. The number of rotatable bonds is 20. The van der Waals surface area contributed by atoms with Gasteiger partial charge in [-0.05, 0) is 48.9 Å². The topological polar surface area (TPSA) is 156 Å². The molecule has 0 spiro atoms. The van der Waals surface area contributed by atoms with Crippen molar-refractivity contribution in [2.24, 2.45) is 5.92 Å². The molecule has 2 aliphatic rings. The molecular weight excluding hydrogens is 660 g/mol. The SMILES string of the molecule is CC[C@@H]1[C@@H](C)[C@H](OCc2ccc(OC)cc2)C[S+]1C[C@H]1OC(C)(C)O[C@H]([C@@H](COCOC)OCOC)C(OCOC)[C@@H]1OS(=O)(=O)O. The van der Waals surface area contributed by atoms with Crippen molar-refractivity contribution in [1.82, 2.24) is 0 Å². The second-order valence-corrected chi connectivity index (χ2v) is 15.3. The van der Waals surface area contributed by atoms with E-state index in [0.717, 1.165) is 23.5 Å². The first-order valence-electron chi connectivity index (χ1n) is 15.6.